The topological polar surface area (TPSA) is 123 Å². The molecule has 9 nitrogen and oxygen atoms in total. The Morgan fingerprint density at radius 2 is 2.07 bits per heavy atom. The number of hydrogen-bond acceptors (Lipinski definition) is 7. The molecule has 0 spiro atoms. The Bertz CT molecular complexity index is 973. The van der Waals surface area contributed by atoms with Crippen molar-refractivity contribution in [2.24, 2.45) is 10.5 Å². The Kier molecular flexibility index (Phi) is 6.47. The third kappa shape index (κ3) is 5.39. The second-order valence-electron chi connectivity index (χ2n) is 8.05. The summed E-state index contributed by atoms with van der Waals surface area (Å²) in [4.78, 5) is 31.3. The van der Waals surface area contributed by atoms with E-state index in [-0.39, 0.29) is 17.0 Å². The number of nitrogens with zero attached hydrogens (tertiary/aromatic N) is 3. The Morgan fingerprint density at radius 1 is 1.33 bits per heavy atom. The SMILES string of the molecule is Cc1ncc(NC(=O)CN2CC(C)(C)C2)cc1NC(=O)/C(N=N)=C1\C=CC(Br)=CN1. The van der Waals surface area contributed by atoms with E-state index in [1.54, 1.807) is 37.5 Å². The van der Waals surface area contributed by atoms with Crippen molar-refractivity contribution in [2.75, 3.05) is 30.3 Å². The molecule has 0 aromatic carbocycles. The lowest BCUT2D eigenvalue weighted by atomic mass is 9.84. The molecule has 0 unspecified atom stereocenters. The van der Waals surface area contributed by atoms with Gasteiger partial charge < -0.3 is 16.0 Å². The van der Waals surface area contributed by atoms with Crippen LogP contribution < -0.4 is 16.0 Å². The molecule has 1 saturated heterocycles. The second kappa shape index (κ2) is 8.88. The number of halogens is 1. The third-order valence-electron chi connectivity index (χ3n) is 4.65. The van der Waals surface area contributed by atoms with Gasteiger partial charge in [-0.3, -0.25) is 19.5 Å². The van der Waals surface area contributed by atoms with Gasteiger partial charge in [0.15, 0.2) is 5.70 Å². The summed E-state index contributed by atoms with van der Waals surface area (Å²) in [5, 5.41) is 11.8. The van der Waals surface area contributed by atoms with E-state index in [0.29, 0.717) is 29.3 Å². The summed E-state index contributed by atoms with van der Waals surface area (Å²) in [7, 11) is 0. The molecular formula is C20H24BrN7O2. The molecule has 2 aliphatic rings. The van der Waals surface area contributed by atoms with Crippen LogP contribution in [0.1, 0.15) is 19.5 Å². The summed E-state index contributed by atoms with van der Waals surface area (Å²) in [5.74, 6) is -0.689. The molecule has 10 heteroatoms. The standard InChI is InChI=1S/C20H24BrN7O2/c1-12-16(26-19(30)18(27-22)15-5-4-13(21)7-24-15)6-14(8-23-12)25-17(29)9-28-10-20(2,3)11-28/h4-8,22,24H,9-11H2,1-3H3,(H,25,29)(H,26,30)/b18-15-,27-22?. The molecule has 30 heavy (non-hydrogen) atoms. The largest absolute Gasteiger partial charge is 0.359 e. The van der Waals surface area contributed by atoms with Crippen molar-refractivity contribution >= 4 is 39.1 Å². The fourth-order valence-corrected chi connectivity index (χ4v) is 3.62. The average Bonchev–Trinajstić information content (AvgIpc) is 2.65. The quantitative estimate of drug-likeness (QED) is 0.373. The van der Waals surface area contributed by atoms with Gasteiger partial charge in [0.1, 0.15) is 0 Å². The maximum absolute atomic E-state index is 12.7. The van der Waals surface area contributed by atoms with E-state index < -0.39 is 5.91 Å². The van der Waals surface area contributed by atoms with E-state index >= 15 is 0 Å². The molecule has 1 aromatic rings. The lowest BCUT2D eigenvalue weighted by molar-refractivity contribution is -0.120. The Hall–Kier alpha value is -2.85. The van der Waals surface area contributed by atoms with Crippen LogP contribution >= 0.6 is 15.9 Å². The number of carbonyl (C=O) groups is 2. The van der Waals surface area contributed by atoms with E-state index in [2.05, 4.69) is 60.7 Å². The molecule has 3 heterocycles. The predicted octanol–water partition coefficient (Wildman–Crippen LogP) is 3.25. The molecule has 4 N–H and O–H groups in total. The van der Waals surface area contributed by atoms with Crippen molar-refractivity contribution in [3.63, 3.8) is 0 Å². The van der Waals surface area contributed by atoms with E-state index in [4.69, 9.17) is 5.53 Å². The highest BCUT2D eigenvalue weighted by molar-refractivity contribution is 9.11. The number of aromatic nitrogens is 1. The molecule has 2 amide bonds. The molecular weight excluding hydrogens is 450 g/mol. The highest BCUT2D eigenvalue weighted by Crippen LogP contribution is 2.28. The van der Waals surface area contributed by atoms with Gasteiger partial charge >= 0.3 is 0 Å². The molecule has 0 aliphatic carbocycles. The summed E-state index contributed by atoms with van der Waals surface area (Å²) < 4.78 is 0.807. The van der Waals surface area contributed by atoms with Crippen molar-refractivity contribution in [1.29, 1.82) is 5.53 Å². The molecule has 1 aromatic heterocycles. The molecule has 2 aliphatic heterocycles. The fourth-order valence-electron chi connectivity index (χ4n) is 3.38. The summed E-state index contributed by atoms with van der Waals surface area (Å²) in [6.45, 7) is 8.16. The number of hydrogen-bond donors (Lipinski definition) is 4. The molecule has 0 saturated carbocycles. The zero-order valence-electron chi connectivity index (χ0n) is 17.0. The maximum Gasteiger partial charge on any atom is 0.278 e. The van der Waals surface area contributed by atoms with Crippen molar-refractivity contribution in [2.45, 2.75) is 20.8 Å². The number of dihydropyridines is 1. The van der Waals surface area contributed by atoms with Crippen LogP contribution in [-0.2, 0) is 9.59 Å². The van der Waals surface area contributed by atoms with Gasteiger partial charge in [-0.05, 0) is 46.5 Å². The van der Waals surface area contributed by atoms with Gasteiger partial charge in [0.2, 0.25) is 5.91 Å². The smallest absolute Gasteiger partial charge is 0.278 e. The third-order valence-corrected chi connectivity index (χ3v) is 5.14. The number of aryl methyl sites for hydroxylation is 1. The average molecular weight is 474 g/mol. The van der Waals surface area contributed by atoms with Crippen LogP contribution in [0.4, 0.5) is 11.4 Å². The Balaban J connectivity index is 1.67. The number of carbonyl (C=O) groups excluding carboxylic acids is 2. The molecule has 158 valence electrons. The van der Waals surface area contributed by atoms with E-state index in [1.807, 2.05) is 0 Å². The van der Waals surface area contributed by atoms with Crippen molar-refractivity contribution in [1.82, 2.24) is 15.2 Å². The first-order chi connectivity index (χ1) is 14.2. The number of anilines is 2. The Labute approximate surface area is 183 Å². The highest BCUT2D eigenvalue weighted by Gasteiger charge is 2.34. The van der Waals surface area contributed by atoms with Gasteiger partial charge in [-0.15, -0.1) is 0 Å². The fraction of sp³-hybridized carbons (Fsp3) is 0.350. The normalized spacial score (nSPS) is 19.1. The van der Waals surface area contributed by atoms with Gasteiger partial charge in [-0.1, -0.05) is 13.8 Å². The van der Waals surface area contributed by atoms with Crippen molar-refractivity contribution in [3.05, 3.63) is 52.2 Å². The maximum atomic E-state index is 12.7. The number of pyridine rings is 1. The van der Waals surface area contributed by atoms with Crippen LogP contribution in [0, 0.1) is 17.9 Å². The molecule has 0 radical (unpaired) electrons. The van der Waals surface area contributed by atoms with Crippen LogP contribution in [0.25, 0.3) is 0 Å². The first kappa shape index (κ1) is 21.8. The van der Waals surface area contributed by atoms with E-state index in [1.165, 1.54) is 0 Å². The number of allylic oxidation sites excluding steroid dienone is 3. The first-order valence-corrected chi connectivity index (χ1v) is 10.2. The minimum atomic E-state index is -0.556. The second-order valence-corrected chi connectivity index (χ2v) is 8.97. The van der Waals surface area contributed by atoms with Crippen molar-refractivity contribution in [3.8, 4) is 0 Å². The minimum Gasteiger partial charge on any atom is -0.359 e. The van der Waals surface area contributed by atoms with Gasteiger partial charge in [0.25, 0.3) is 5.91 Å². The summed E-state index contributed by atoms with van der Waals surface area (Å²) in [5.41, 5.74) is 9.45. The zero-order chi connectivity index (χ0) is 21.9. The molecule has 0 atom stereocenters. The van der Waals surface area contributed by atoms with Gasteiger partial charge in [-0.2, -0.15) is 5.11 Å². The number of amides is 2. The first-order valence-electron chi connectivity index (χ1n) is 9.39. The van der Waals surface area contributed by atoms with E-state index in [0.717, 1.165) is 17.6 Å². The van der Waals surface area contributed by atoms with Crippen LogP contribution in [0.15, 0.2) is 51.6 Å². The van der Waals surface area contributed by atoms with Crippen molar-refractivity contribution < 1.29 is 9.59 Å². The van der Waals surface area contributed by atoms with Crippen LogP contribution in [-0.4, -0.2) is 41.3 Å². The van der Waals surface area contributed by atoms with Gasteiger partial charge in [0.05, 0.1) is 35.5 Å². The summed E-state index contributed by atoms with van der Waals surface area (Å²) in [6, 6.07) is 1.64. The summed E-state index contributed by atoms with van der Waals surface area (Å²) >= 11 is 3.31. The van der Waals surface area contributed by atoms with Crippen LogP contribution in [0.3, 0.4) is 0 Å². The molecule has 3 rings (SSSR count). The number of nitrogens with one attached hydrogen (secondary N) is 4. The highest BCUT2D eigenvalue weighted by atomic mass is 79.9. The monoisotopic (exact) mass is 473 g/mol. The number of rotatable bonds is 6. The predicted molar refractivity (Wildman–Crippen MR) is 118 cm³/mol. The van der Waals surface area contributed by atoms with Gasteiger partial charge in [-0.25, -0.2) is 5.53 Å². The van der Waals surface area contributed by atoms with E-state index in [9.17, 15) is 9.59 Å². The van der Waals surface area contributed by atoms with Crippen LogP contribution in [0.2, 0.25) is 0 Å². The molecule has 0 bridgehead atoms. The lowest BCUT2D eigenvalue weighted by Crippen LogP contribution is -2.54. The molecule has 1 fully saturated rings. The summed E-state index contributed by atoms with van der Waals surface area (Å²) in [6.07, 6.45) is 6.59. The number of likely N-dealkylation sites (tertiary alicyclic amines) is 1. The van der Waals surface area contributed by atoms with Gasteiger partial charge in [0, 0.05) is 23.8 Å². The van der Waals surface area contributed by atoms with Crippen LogP contribution in [0.5, 0.6) is 0 Å². The zero-order valence-corrected chi connectivity index (χ0v) is 18.6. The minimum absolute atomic E-state index is 0.0725. The lowest BCUT2D eigenvalue weighted by Gasteiger charge is -2.45. The Morgan fingerprint density at radius 3 is 2.67 bits per heavy atom.